The highest BCUT2D eigenvalue weighted by molar-refractivity contribution is 7.57. The molecule has 0 aromatic heterocycles. The normalized spacial score (nSPS) is 23.2. The molecule has 0 bridgehead atoms. The van der Waals surface area contributed by atoms with Gasteiger partial charge < -0.3 is 23.3 Å². The van der Waals surface area contributed by atoms with Crippen LogP contribution in [0.15, 0.2) is 11.9 Å². The van der Waals surface area contributed by atoms with Gasteiger partial charge in [-0.15, -0.1) is 0 Å². The molecule has 0 N–H and O–H groups in total. The van der Waals surface area contributed by atoms with Crippen LogP contribution in [0.25, 0.3) is 0 Å². The highest BCUT2D eigenvalue weighted by Gasteiger charge is 2.80. The van der Waals surface area contributed by atoms with Gasteiger partial charge in [0.2, 0.25) is 0 Å². The molecule has 0 aliphatic heterocycles. The number of esters is 1. The molecule has 10 nitrogen and oxygen atoms in total. The number of methoxy groups -OCH3 is 1. The molecule has 0 saturated heterocycles. The molecule has 190 valence electrons. The van der Waals surface area contributed by atoms with Crippen LogP contribution in [0.3, 0.4) is 0 Å². The van der Waals surface area contributed by atoms with Gasteiger partial charge >= 0.3 is 25.8 Å². The second-order valence-corrected chi connectivity index (χ2v) is 11.3. The van der Waals surface area contributed by atoms with Crippen LogP contribution in [0.4, 0.5) is 14.0 Å². The summed E-state index contributed by atoms with van der Waals surface area (Å²) in [4.78, 5) is 39.0. The van der Waals surface area contributed by atoms with E-state index in [0.29, 0.717) is 0 Å². The van der Waals surface area contributed by atoms with E-state index in [4.69, 9.17) is 23.3 Å². The number of hydrogen-bond acceptors (Lipinski definition) is 9. The van der Waals surface area contributed by atoms with Gasteiger partial charge in [0.25, 0.3) is 0 Å². The Morgan fingerprint density at radius 2 is 1.39 bits per heavy atom. The predicted molar refractivity (Wildman–Crippen MR) is 118 cm³/mol. The van der Waals surface area contributed by atoms with E-state index in [2.05, 4.69) is 0 Å². The molecule has 1 aliphatic carbocycles. The maximum absolute atomic E-state index is 16.0. The van der Waals surface area contributed by atoms with Gasteiger partial charge in [-0.05, 0) is 61.5 Å². The average molecular weight is 495 g/mol. The van der Waals surface area contributed by atoms with Gasteiger partial charge in [0.15, 0.2) is 11.2 Å². The molecule has 2 amide bonds. The summed E-state index contributed by atoms with van der Waals surface area (Å²) >= 11 is 0. The molecule has 1 aliphatic rings. The first-order valence-electron chi connectivity index (χ1n) is 10.5. The summed E-state index contributed by atoms with van der Waals surface area (Å²) in [5.41, 5.74) is -7.22. The minimum Gasteiger partial charge on any atom is -0.467 e. The molecule has 0 unspecified atom stereocenters. The maximum atomic E-state index is 16.0. The average Bonchev–Trinajstić information content (AvgIpc) is 3.23. The van der Waals surface area contributed by atoms with Crippen LogP contribution in [-0.4, -0.2) is 65.8 Å². The number of halogens is 1. The molecular weight excluding hydrogens is 460 g/mol. The van der Waals surface area contributed by atoms with Crippen molar-refractivity contribution in [2.24, 2.45) is 0 Å². The zero-order chi connectivity index (χ0) is 25.9. The number of nitrogens with zero attached hydrogens (tertiary/aromatic N) is 1. The lowest BCUT2D eigenvalue weighted by Gasteiger charge is -2.33. The third-order valence-electron chi connectivity index (χ3n) is 4.27. The van der Waals surface area contributed by atoms with Crippen LogP contribution in [0.2, 0.25) is 0 Å². The first kappa shape index (κ1) is 29.1. The largest absolute Gasteiger partial charge is 0.467 e. The Balaban J connectivity index is 3.55. The Hall–Kier alpha value is -1.97. The zero-order valence-electron chi connectivity index (χ0n) is 20.7. The van der Waals surface area contributed by atoms with Gasteiger partial charge in [0.05, 0.1) is 20.3 Å². The van der Waals surface area contributed by atoms with Crippen LogP contribution >= 0.6 is 7.60 Å². The van der Waals surface area contributed by atoms with Gasteiger partial charge in [-0.2, -0.15) is 4.90 Å². The number of carbonyl (C=O) groups is 3. The molecule has 33 heavy (non-hydrogen) atoms. The number of hydrogen-bond donors (Lipinski definition) is 0. The van der Waals surface area contributed by atoms with E-state index in [1.54, 1.807) is 55.4 Å². The first-order chi connectivity index (χ1) is 14.9. The Kier molecular flexibility index (Phi) is 8.90. The summed E-state index contributed by atoms with van der Waals surface area (Å²) in [6.45, 7) is 12.4. The van der Waals surface area contributed by atoms with Gasteiger partial charge in [-0.3, -0.25) is 4.57 Å². The smallest absolute Gasteiger partial charge is 0.421 e. The lowest BCUT2D eigenvalue weighted by atomic mass is 10.1. The minimum absolute atomic E-state index is 0.0188. The summed E-state index contributed by atoms with van der Waals surface area (Å²) in [5.74, 6) is -0.346. The highest BCUT2D eigenvalue weighted by atomic mass is 31.2. The lowest BCUT2D eigenvalue weighted by Crippen LogP contribution is -2.57. The van der Waals surface area contributed by atoms with Crippen molar-refractivity contribution in [1.82, 2.24) is 4.90 Å². The molecule has 1 rings (SSSR count). The second-order valence-electron chi connectivity index (χ2n) is 9.38. The van der Waals surface area contributed by atoms with E-state index in [-0.39, 0.29) is 18.1 Å². The Labute approximate surface area is 194 Å². The third-order valence-corrected chi connectivity index (χ3v) is 6.02. The minimum atomic E-state index is -3.84. The standard InChI is InChI=1S/C21H35FNO9P/c1-10-29-33(27,30-11-2)13-12-20(22)14-21(20,15(24)28-9)23(16(25)31-18(3,4)5)17(26)32-19(6,7)8/h12-13H,10-11,14H2,1-9H3/b13-12+/t20-,21+/m0/s1. The Morgan fingerprint density at radius 3 is 1.73 bits per heavy atom. The summed E-state index contributed by atoms with van der Waals surface area (Å²) in [7, 11) is -2.85. The Bertz CT molecular complexity index is 795. The van der Waals surface area contributed by atoms with E-state index in [9.17, 15) is 18.9 Å². The molecule has 12 heteroatoms. The Morgan fingerprint density at radius 1 is 0.970 bits per heavy atom. The number of rotatable bonds is 8. The quantitative estimate of drug-likeness (QED) is 0.261. The van der Waals surface area contributed by atoms with E-state index < -0.39 is 54.6 Å². The number of carbonyl (C=O) groups excluding carboxylic acids is 3. The fourth-order valence-electron chi connectivity index (χ4n) is 2.99. The van der Waals surface area contributed by atoms with Crippen LogP contribution in [-0.2, 0) is 32.6 Å². The highest BCUT2D eigenvalue weighted by Crippen LogP contribution is 2.60. The monoisotopic (exact) mass is 495 g/mol. The van der Waals surface area contributed by atoms with E-state index in [0.717, 1.165) is 19.0 Å². The first-order valence-corrected chi connectivity index (χ1v) is 12.1. The molecule has 0 radical (unpaired) electrons. The molecule has 1 saturated carbocycles. The molecular formula is C21H35FNO9P. The molecule has 0 aromatic rings. The SMILES string of the molecule is CCOP(=O)(/C=C/[C@]1(F)C[C@]1(C(=O)OC)N(C(=O)OC(C)(C)C)C(=O)OC(C)(C)C)OCC. The van der Waals surface area contributed by atoms with Crippen molar-refractivity contribution < 1.29 is 46.6 Å². The lowest BCUT2D eigenvalue weighted by molar-refractivity contribution is -0.150. The second kappa shape index (κ2) is 10.1. The van der Waals surface area contributed by atoms with Gasteiger partial charge in [-0.25, -0.2) is 18.8 Å². The molecule has 0 heterocycles. The van der Waals surface area contributed by atoms with Gasteiger partial charge in [0, 0.05) is 12.2 Å². The van der Waals surface area contributed by atoms with E-state index in [1.807, 2.05) is 0 Å². The summed E-state index contributed by atoms with van der Waals surface area (Å²) in [6.07, 6.45) is -2.47. The van der Waals surface area contributed by atoms with Gasteiger partial charge in [-0.1, -0.05) is 0 Å². The van der Waals surface area contributed by atoms with Crippen LogP contribution in [0.1, 0.15) is 61.8 Å². The number of ether oxygens (including phenoxy) is 3. The molecule has 0 spiro atoms. The fourth-order valence-corrected chi connectivity index (χ4v) is 4.37. The van der Waals surface area contributed by atoms with Crippen LogP contribution in [0, 0.1) is 0 Å². The number of amides is 2. The number of alkyl halides is 1. The van der Waals surface area contributed by atoms with E-state index in [1.165, 1.54) is 0 Å². The van der Waals surface area contributed by atoms with Crippen molar-refractivity contribution in [3.05, 3.63) is 11.9 Å². The third kappa shape index (κ3) is 7.01. The van der Waals surface area contributed by atoms with Crippen LogP contribution < -0.4 is 0 Å². The van der Waals surface area contributed by atoms with Crippen molar-refractivity contribution in [3.63, 3.8) is 0 Å². The van der Waals surface area contributed by atoms with Crippen LogP contribution in [0.5, 0.6) is 0 Å². The molecule has 0 aromatic carbocycles. The van der Waals surface area contributed by atoms with Crippen molar-refractivity contribution in [3.8, 4) is 0 Å². The predicted octanol–water partition coefficient (Wildman–Crippen LogP) is 4.96. The van der Waals surface area contributed by atoms with E-state index >= 15 is 4.39 Å². The van der Waals surface area contributed by atoms with Crippen molar-refractivity contribution in [1.29, 1.82) is 0 Å². The molecule has 2 atom stereocenters. The molecule has 1 fully saturated rings. The number of imide groups is 1. The summed E-state index contributed by atoms with van der Waals surface area (Å²) in [6, 6.07) is 0. The van der Waals surface area contributed by atoms with Crippen molar-refractivity contribution in [2.75, 3.05) is 20.3 Å². The fraction of sp³-hybridized carbons (Fsp3) is 0.762. The summed E-state index contributed by atoms with van der Waals surface area (Å²) in [5, 5.41) is 0. The summed E-state index contributed by atoms with van der Waals surface area (Å²) < 4.78 is 54.2. The van der Waals surface area contributed by atoms with Gasteiger partial charge in [0.1, 0.15) is 11.2 Å². The van der Waals surface area contributed by atoms with Crippen molar-refractivity contribution >= 4 is 25.8 Å². The van der Waals surface area contributed by atoms with Crippen molar-refractivity contribution in [2.45, 2.75) is 84.2 Å². The zero-order valence-corrected chi connectivity index (χ0v) is 21.6. The topological polar surface area (TPSA) is 118 Å². The maximum Gasteiger partial charge on any atom is 0.421 e.